The standard InChI is InChI=1S/C27H22/c1-5-13-22(14-6-1)26(23-15-7-2-8-16-23)21-27(24-17-9-3-10-18-24)25-19-11-4-12-20-25/h1-20,26-27H. The molecule has 0 aliphatic rings. The fourth-order valence-electron chi connectivity index (χ4n) is 3.52. The lowest BCUT2D eigenvalue weighted by Crippen LogP contribution is -2.10. The molecule has 0 aliphatic carbocycles. The lowest BCUT2D eigenvalue weighted by Gasteiger charge is -2.25. The molecule has 0 aromatic heterocycles. The summed E-state index contributed by atoms with van der Waals surface area (Å²) in [6, 6.07) is 42.6. The molecule has 4 aromatic rings. The summed E-state index contributed by atoms with van der Waals surface area (Å²) in [5.74, 6) is 0.218. The molecule has 0 heteroatoms. The van der Waals surface area contributed by atoms with Crippen molar-refractivity contribution in [2.24, 2.45) is 0 Å². The molecule has 27 heavy (non-hydrogen) atoms. The second-order valence-electron chi connectivity index (χ2n) is 6.68. The maximum Gasteiger partial charge on any atom is 0.0167 e. The Hall–Kier alpha value is -3.12. The third-order valence-corrected chi connectivity index (χ3v) is 4.86. The van der Waals surface area contributed by atoms with Crippen LogP contribution >= 0.6 is 0 Å². The first kappa shape index (κ1) is 17.3. The Morgan fingerprint density at radius 3 is 0.778 bits per heavy atom. The normalized spacial score (nSPS) is 11.0. The van der Waals surface area contributed by atoms with E-state index in [1.807, 2.05) is 0 Å². The van der Waals surface area contributed by atoms with Crippen LogP contribution < -0.4 is 0 Å². The largest absolute Gasteiger partial charge is 0.0622 e. The van der Waals surface area contributed by atoms with Crippen LogP contribution in [0.4, 0.5) is 0 Å². The fourth-order valence-corrected chi connectivity index (χ4v) is 3.52. The van der Waals surface area contributed by atoms with Crippen molar-refractivity contribution < 1.29 is 0 Å². The molecule has 0 aliphatic heterocycles. The van der Waals surface area contributed by atoms with Crippen LogP contribution in [0.25, 0.3) is 0 Å². The fraction of sp³-hybridized carbons (Fsp3) is 0.0741. The van der Waals surface area contributed by atoms with Crippen molar-refractivity contribution in [3.8, 4) is 0 Å². The topological polar surface area (TPSA) is 0 Å². The van der Waals surface area contributed by atoms with Crippen molar-refractivity contribution in [3.05, 3.63) is 150 Å². The quantitative estimate of drug-likeness (QED) is 0.363. The Bertz CT molecular complexity index is 768. The highest BCUT2D eigenvalue weighted by Crippen LogP contribution is 2.37. The summed E-state index contributed by atoms with van der Waals surface area (Å²) in [7, 11) is 0. The zero-order valence-corrected chi connectivity index (χ0v) is 15.2. The van der Waals surface area contributed by atoms with E-state index in [0.29, 0.717) is 0 Å². The summed E-state index contributed by atoms with van der Waals surface area (Å²) in [5.41, 5.74) is 5.06. The summed E-state index contributed by atoms with van der Waals surface area (Å²) in [6.07, 6.45) is 3.92. The van der Waals surface area contributed by atoms with Crippen molar-refractivity contribution >= 4 is 0 Å². The van der Waals surface area contributed by atoms with E-state index in [1.165, 1.54) is 22.3 Å². The Kier molecular flexibility index (Phi) is 5.45. The van der Waals surface area contributed by atoms with Crippen LogP contribution in [0.1, 0.15) is 34.1 Å². The van der Waals surface area contributed by atoms with E-state index < -0.39 is 0 Å². The summed E-state index contributed by atoms with van der Waals surface area (Å²) >= 11 is 0. The van der Waals surface area contributed by atoms with E-state index in [-0.39, 0.29) is 11.8 Å². The average molecular weight is 346 g/mol. The zero-order chi connectivity index (χ0) is 18.3. The Labute approximate surface area is 162 Å². The van der Waals surface area contributed by atoms with Gasteiger partial charge in [-0.3, -0.25) is 0 Å². The molecule has 0 heterocycles. The van der Waals surface area contributed by atoms with Gasteiger partial charge in [-0.2, -0.15) is 0 Å². The lowest BCUT2D eigenvalue weighted by molar-refractivity contribution is 0.809. The van der Waals surface area contributed by atoms with Gasteiger partial charge in [0.05, 0.1) is 0 Å². The van der Waals surface area contributed by atoms with Crippen molar-refractivity contribution in [2.45, 2.75) is 11.8 Å². The summed E-state index contributed by atoms with van der Waals surface area (Å²) in [5, 5.41) is 0. The molecule has 0 N–H and O–H groups in total. The van der Waals surface area contributed by atoms with Gasteiger partial charge in [0.1, 0.15) is 0 Å². The monoisotopic (exact) mass is 346 g/mol. The van der Waals surface area contributed by atoms with E-state index in [9.17, 15) is 0 Å². The minimum atomic E-state index is 0.109. The second-order valence-corrected chi connectivity index (χ2v) is 6.68. The Balaban J connectivity index is 1.77. The molecule has 0 fully saturated rings. The second kappa shape index (κ2) is 8.51. The first-order valence-corrected chi connectivity index (χ1v) is 9.37. The molecule has 4 rings (SSSR count). The van der Waals surface area contributed by atoms with Gasteiger partial charge in [-0.15, -0.1) is 0 Å². The summed E-state index contributed by atoms with van der Waals surface area (Å²) in [4.78, 5) is 0. The minimum Gasteiger partial charge on any atom is -0.0622 e. The molecule has 2 radical (unpaired) electrons. The SMILES string of the molecule is [C](C(c1ccccc1)c1ccccc1)C(c1ccccc1)c1ccccc1. The summed E-state index contributed by atoms with van der Waals surface area (Å²) in [6.45, 7) is 0. The van der Waals surface area contributed by atoms with Gasteiger partial charge in [-0.25, -0.2) is 0 Å². The van der Waals surface area contributed by atoms with E-state index in [1.54, 1.807) is 0 Å². The number of benzene rings is 4. The van der Waals surface area contributed by atoms with Crippen LogP contribution in [0.3, 0.4) is 0 Å². The van der Waals surface area contributed by atoms with E-state index in [0.717, 1.165) is 0 Å². The molecule has 0 spiro atoms. The molecule has 130 valence electrons. The molecule has 0 nitrogen and oxygen atoms in total. The lowest BCUT2D eigenvalue weighted by atomic mass is 9.78. The van der Waals surface area contributed by atoms with Crippen LogP contribution in [0.2, 0.25) is 0 Å². The van der Waals surface area contributed by atoms with Crippen molar-refractivity contribution in [1.29, 1.82) is 0 Å². The van der Waals surface area contributed by atoms with Gasteiger partial charge >= 0.3 is 0 Å². The highest BCUT2D eigenvalue weighted by Gasteiger charge is 2.23. The van der Waals surface area contributed by atoms with Crippen molar-refractivity contribution in [1.82, 2.24) is 0 Å². The third kappa shape index (κ3) is 4.17. The first-order chi connectivity index (χ1) is 13.4. The highest BCUT2D eigenvalue weighted by molar-refractivity contribution is 5.42. The molecule has 4 aromatic carbocycles. The van der Waals surface area contributed by atoms with Gasteiger partial charge in [-0.05, 0) is 22.3 Å². The summed E-state index contributed by atoms with van der Waals surface area (Å²) < 4.78 is 0. The van der Waals surface area contributed by atoms with E-state index in [4.69, 9.17) is 0 Å². The molecular weight excluding hydrogens is 324 g/mol. The first-order valence-electron chi connectivity index (χ1n) is 9.37. The molecule has 0 amide bonds. The average Bonchev–Trinajstić information content (AvgIpc) is 2.77. The van der Waals surface area contributed by atoms with Crippen LogP contribution in [0, 0.1) is 6.42 Å². The molecule has 0 unspecified atom stereocenters. The van der Waals surface area contributed by atoms with Gasteiger partial charge < -0.3 is 0 Å². The van der Waals surface area contributed by atoms with Crippen LogP contribution in [0.15, 0.2) is 121 Å². The number of rotatable bonds is 6. The smallest absolute Gasteiger partial charge is 0.0167 e. The highest BCUT2D eigenvalue weighted by atomic mass is 14.3. The van der Waals surface area contributed by atoms with Crippen LogP contribution in [-0.4, -0.2) is 0 Å². The van der Waals surface area contributed by atoms with Gasteiger partial charge in [0.25, 0.3) is 0 Å². The number of hydrogen-bond acceptors (Lipinski definition) is 0. The van der Waals surface area contributed by atoms with Gasteiger partial charge in [-0.1, -0.05) is 121 Å². The molecule has 0 saturated heterocycles. The molecule has 0 bridgehead atoms. The van der Waals surface area contributed by atoms with Gasteiger partial charge in [0.2, 0.25) is 0 Å². The Morgan fingerprint density at radius 2 is 0.556 bits per heavy atom. The predicted molar refractivity (Wildman–Crippen MR) is 113 cm³/mol. The van der Waals surface area contributed by atoms with Crippen LogP contribution in [-0.2, 0) is 0 Å². The third-order valence-electron chi connectivity index (χ3n) is 4.86. The van der Waals surface area contributed by atoms with E-state index in [2.05, 4.69) is 128 Å². The van der Waals surface area contributed by atoms with Crippen molar-refractivity contribution in [2.75, 3.05) is 0 Å². The zero-order valence-electron chi connectivity index (χ0n) is 15.2. The van der Waals surface area contributed by atoms with Gasteiger partial charge in [0, 0.05) is 18.3 Å². The minimum absolute atomic E-state index is 0.109. The maximum atomic E-state index is 3.92. The maximum absolute atomic E-state index is 3.92. The van der Waals surface area contributed by atoms with Crippen LogP contribution in [0.5, 0.6) is 0 Å². The molecule has 0 atom stereocenters. The molecular formula is C27H22. The predicted octanol–water partition coefficient (Wildman–Crippen LogP) is 6.73. The van der Waals surface area contributed by atoms with Gasteiger partial charge in [0.15, 0.2) is 0 Å². The molecule has 0 saturated carbocycles. The number of hydrogen-bond donors (Lipinski definition) is 0. The Morgan fingerprint density at radius 1 is 0.333 bits per heavy atom. The van der Waals surface area contributed by atoms with E-state index >= 15 is 0 Å². The van der Waals surface area contributed by atoms with Crippen molar-refractivity contribution in [3.63, 3.8) is 0 Å².